The number of rotatable bonds is 5. The second kappa shape index (κ2) is 8.01. The molecule has 0 radical (unpaired) electrons. The first kappa shape index (κ1) is 17.9. The van der Waals surface area contributed by atoms with Crippen molar-refractivity contribution in [1.82, 2.24) is 10.6 Å². The van der Waals surface area contributed by atoms with E-state index in [9.17, 15) is 0 Å². The van der Waals surface area contributed by atoms with Gasteiger partial charge in [0.05, 0.1) is 24.6 Å². The number of nitrogens with one attached hydrogen (secondary N) is 3. The maximum absolute atomic E-state index is 7.46. The summed E-state index contributed by atoms with van der Waals surface area (Å²) in [4.78, 5) is 4.43. The van der Waals surface area contributed by atoms with Crippen molar-refractivity contribution >= 4 is 12.1 Å². The number of ether oxygens (including phenoxy) is 1. The highest BCUT2D eigenvalue weighted by Gasteiger charge is 2.17. The lowest BCUT2D eigenvalue weighted by atomic mass is 9.98. The third-order valence-corrected chi connectivity index (χ3v) is 4.38. The summed E-state index contributed by atoms with van der Waals surface area (Å²) in [5, 5.41) is 14.1. The molecule has 0 saturated heterocycles. The van der Waals surface area contributed by atoms with Gasteiger partial charge in [0.1, 0.15) is 11.7 Å². The van der Waals surface area contributed by atoms with E-state index in [-0.39, 0.29) is 5.92 Å². The second-order valence-electron chi connectivity index (χ2n) is 6.59. The predicted octanol–water partition coefficient (Wildman–Crippen LogP) is 2.62. The van der Waals surface area contributed by atoms with Crippen molar-refractivity contribution in [3.8, 4) is 0 Å². The smallest absolute Gasteiger partial charge is 0.132 e. The summed E-state index contributed by atoms with van der Waals surface area (Å²) < 4.78 is 5.38. The lowest BCUT2D eigenvalue weighted by Gasteiger charge is -2.25. The average Bonchev–Trinajstić information content (AvgIpc) is 2.66. The molecule has 3 rings (SSSR count). The van der Waals surface area contributed by atoms with E-state index in [1.54, 1.807) is 6.08 Å². The Morgan fingerprint density at radius 3 is 2.88 bits per heavy atom. The molecular weight excluding hydrogens is 326 g/mol. The summed E-state index contributed by atoms with van der Waals surface area (Å²) in [6, 6.07) is 0. The van der Waals surface area contributed by atoms with E-state index in [0.717, 1.165) is 35.6 Å². The molecule has 0 aromatic heterocycles. The summed E-state index contributed by atoms with van der Waals surface area (Å²) in [5.74, 6) is 1.28. The summed E-state index contributed by atoms with van der Waals surface area (Å²) in [5.41, 5.74) is 11.3. The van der Waals surface area contributed by atoms with Gasteiger partial charge >= 0.3 is 0 Å². The van der Waals surface area contributed by atoms with Crippen LogP contribution >= 0.6 is 0 Å². The Kier molecular flexibility index (Phi) is 5.53. The van der Waals surface area contributed by atoms with Crippen molar-refractivity contribution < 1.29 is 4.74 Å². The van der Waals surface area contributed by atoms with Crippen molar-refractivity contribution in [3.05, 3.63) is 70.5 Å². The van der Waals surface area contributed by atoms with Crippen molar-refractivity contribution in [3.63, 3.8) is 0 Å². The van der Waals surface area contributed by atoms with Crippen LogP contribution in [0, 0.1) is 11.3 Å². The Morgan fingerprint density at radius 1 is 1.35 bits per heavy atom. The molecule has 0 fully saturated rings. The second-order valence-corrected chi connectivity index (χ2v) is 6.59. The first-order chi connectivity index (χ1) is 12.6. The third-order valence-electron chi connectivity index (χ3n) is 4.38. The van der Waals surface area contributed by atoms with Gasteiger partial charge in [0, 0.05) is 12.4 Å². The molecule has 0 amide bonds. The first-order valence-corrected chi connectivity index (χ1v) is 8.78. The van der Waals surface area contributed by atoms with E-state index in [0.29, 0.717) is 18.3 Å². The fourth-order valence-corrected chi connectivity index (χ4v) is 2.85. The SMILES string of the molecule is CC(C)C(C=N)=CC(N)=NC1=CC=C2NC=C(C3=CCOCC3)C=C2N1. The maximum atomic E-state index is 7.46. The minimum atomic E-state index is 0.228. The maximum Gasteiger partial charge on any atom is 0.132 e. The zero-order valence-electron chi connectivity index (χ0n) is 15.2. The number of hydrogen-bond acceptors (Lipinski definition) is 5. The van der Waals surface area contributed by atoms with E-state index in [1.807, 2.05) is 32.2 Å². The third kappa shape index (κ3) is 4.21. The summed E-state index contributed by atoms with van der Waals surface area (Å²) in [6.07, 6.45) is 14.1. The Hall–Kier alpha value is -2.86. The van der Waals surface area contributed by atoms with Crippen LogP contribution in [0.25, 0.3) is 0 Å². The van der Waals surface area contributed by atoms with Gasteiger partial charge in [0.2, 0.25) is 0 Å². The van der Waals surface area contributed by atoms with Crippen LogP contribution in [0.15, 0.2) is 75.5 Å². The van der Waals surface area contributed by atoms with E-state index >= 15 is 0 Å². The van der Waals surface area contributed by atoms with Crippen LogP contribution in [-0.4, -0.2) is 25.3 Å². The van der Waals surface area contributed by atoms with Gasteiger partial charge in [-0.25, -0.2) is 4.99 Å². The van der Waals surface area contributed by atoms with E-state index in [4.69, 9.17) is 15.9 Å². The molecule has 136 valence electrons. The van der Waals surface area contributed by atoms with Crippen LogP contribution in [0.1, 0.15) is 20.3 Å². The number of hydrogen-bond donors (Lipinski definition) is 4. The van der Waals surface area contributed by atoms with E-state index < -0.39 is 0 Å². The van der Waals surface area contributed by atoms with E-state index in [2.05, 4.69) is 27.8 Å². The van der Waals surface area contributed by atoms with Crippen LogP contribution in [-0.2, 0) is 4.74 Å². The van der Waals surface area contributed by atoms with Gasteiger partial charge in [0.15, 0.2) is 0 Å². The number of allylic oxidation sites excluding steroid dienone is 5. The van der Waals surface area contributed by atoms with Gasteiger partial charge < -0.3 is 26.5 Å². The average molecular weight is 351 g/mol. The molecule has 6 nitrogen and oxygen atoms in total. The fourth-order valence-electron chi connectivity index (χ4n) is 2.85. The molecular formula is C20H25N5O. The minimum absolute atomic E-state index is 0.228. The number of nitrogens with two attached hydrogens (primary N) is 1. The molecule has 3 aliphatic heterocycles. The predicted molar refractivity (Wildman–Crippen MR) is 105 cm³/mol. The normalized spacial score (nSPS) is 20.7. The molecule has 0 bridgehead atoms. The van der Waals surface area contributed by atoms with Gasteiger partial charge in [-0.15, -0.1) is 0 Å². The highest BCUT2D eigenvalue weighted by molar-refractivity contribution is 5.97. The van der Waals surface area contributed by atoms with E-state index in [1.165, 1.54) is 11.8 Å². The standard InChI is InChI=1S/C20H25N5O/c1-13(2)15(11-21)10-19(22)25-20-4-3-17-18(24-20)9-16(12-23-17)14-5-7-26-8-6-14/h3-5,9-13,21,23-24H,6-8H2,1-2H3,(H2,22,25). The Bertz CT molecular complexity index is 806. The molecule has 0 aromatic carbocycles. The van der Waals surface area contributed by atoms with Gasteiger partial charge in [0.25, 0.3) is 0 Å². The van der Waals surface area contributed by atoms with Crippen LogP contribution in [0.2, 0.25) is 0 Å². The van der Waals surface area contributed by atoms with Gasteiger partial charge in [-0.3, -0.25) is 0 Å². The van der Waals surface area contributed by atoms with Crippen molar-refractivity contribution in [2.75, 3.05) is 13.2 Å². The first-order valence-electron chi connectivity index (χ1n) is 8.78. The lowest BCUT2D eigenvalue weighted by molar-refractivity contribution is 0.155. The molecule has 0 saturated carbocycles. The highest BCUT2D eigenvalue weighted by Crippen LogP contribution is 2.26. The number of fused-ring (bicyclic) bond motifs is 1. The lowest BCUT2D eigenvalue weighted by Crippen LogP contribution is -2.27. The van der Waals surface area contributed by atoms with Crippen molar-refractivity contribution in [1.29, 1.82) is 5.41 Å². The summed E-state index contributed by atoms with van der Waals surface area (Å²) in [7, 11) is 0. The number of aliphatic imine (C=N–C) groups is 1. The molecule has 0 spiro atoms. The molecule has 3 heterocycles. The molecule has 0 atom stereocenters. The zero-order chi connectivity index (χ0) is 18.5. The molecule has 5 N–H and O–H groups in total. The molecule has 0 unspecified atom stereocenters. The van der Waals surface area contributed by atoms with Crippen LogP contribution in [0.4, 0.5) is 0 Å². The Balaban J connectivity index is 1.77. The van der Waals surface area contributed by atoms with Gasteiger partial charge in [-0.1, -0.05) is 19.9 Å². The molecule has 26 heavy (non-hydrogen) atoms. The monoisotopic (exact) mass is 351 g/mol. The Labute approximate surface area is 154 Å². The minimum Gasteiger partial charge on any atom is -0.384 e. The topological polar surface area (TPSA) is 95.5 Å². The van der Waals surface area contributed by atoms with Crippen molar-refractivity contribution in [2.45, 2.75) is 20.3 Å². The number of amidine groups is 1. The number of dihydropyridines is 2. The largest absolute Gasteiger partial charge is 0.384 e. The number of nitrogens with zero attached hydrogens (tertiary/aromatic N) is 1. The summed E-state index contributed by atoms with van der Waals surface area (Å²) in [6.45, 7) is 5.46. The summed E-state index contributed by atoms with van der Waals surface area (Å²) >= 11 is 0. The van der Waals surface area contributed by atoms with Gasteiger partial charge in [-0.2, -0.15) is 0 Å². The van der Waals surface area contributed by atoms with Crippen LogP contribution < -0.4 is 16.4 Å². The molecule has 6 heteroatoms. The molecule has 0 aliphatic carbocycles. The van der Waals surface area contributed by atoms with Gasteiger partial charge in [-0.05, 0) is 53.4 Å². The quantitative estimate of drug-likeness (QED) is 0.452. The Morgan fingerprint density at radius 2 is 2.19 bits per heavy atom. The zero-order valence-corrected chi connectivity index (χ0v) is 15.2. The molecule has 3 aliphatic rings. The van der Waals surface area contributed by atoms with Crippen LogP contribution in [0.3, 0.4) is 0 Å². The van der Waals surface area contributed by atoms with Crippen LogP contribution in [0.5, 0.6) is 0 Å². The fraction of sp³-hybridized carbons (Fsp3) is 0.300. The molecule has 0 aromatic rings. The highest BCUT2D eigenvalue weighted by atomic mass is 16.5. The van der Waals surface area contributed by atoms with Crippen molar-refractivity contribution in [2.24, 2.45) is 16.6 Å².